The Morgan fingerprint density at radius 2 is 1.89 bits per heavy atom. The maximum atomic E-state index is 13.4. The molecule has 5 atom stereocenters. The summed E-state index contributed by atoms with van der Waals surface area (Å²) in [5.41, 5.74) is -0.0678. The van der Waals surface area contributed by atoms with Crippen LogP contribution in [0.15, 0.2) is 18.2 Å². The summed E-state index contributed by atoms with van der Waals surface area (Å²) < 4.78 is 0. The number of imide groups is 1. The lowest BCUT2D eigenvalue weighted by Gasteiger charge is -2.31. The monoisotopic (exact) mass is 389 g/mol. The van der Waals surface area contributed by atoms with Gasteiger partial charge in [-0.2, -0.15) is 0 Å². The highest BCUT2D eigenvalue weighted by Crippen LogP contribution is 2.55. The van der Waals surface area contributed by atoms with Crippen LogP contribution >= 0.6 is 11.6 Å². The Morgan fingerprint density at radius 1 is 1.19 bits per heavy atom. The van der Waals surface area contributed by atoms with Gasteiger partial charge in [0, 0.05) is 17.6 Å². The van der Waals surface area contributed by atoms with E-state index >= 15 is 0 Å². The van der Waals surface area contributed by atoms with Gasteiger partial charge >= 0.3 is 0 Å². The number of para-hydroxylation sites is 1. The molecule has 7 heteroatoms. The van der Waals surface area contributed by atoms with Crippen LogP contribution in [0.3, 0.4) is 0 Å². The minimum absolute atomic E-state index is 0.0848. The summed E-state index contributed by atoms with van der Waals surface area (Å²) in [6.07, 6.45) is 0.679. The molecule has 3 amide bonds. The first-order chi connectivity index (χ1) is 12.8. The Morgan fingerprint density at radius 3 is 2.52 bits per heavy atom. The first-order valence-corrected chi connectivity index (χ1v) is 9.88. The highest BCUT2D eigenvalue weighted by molar-refractivity contribution is 6.35. The molecule has 0 unspecified atom stereocenters. The molecule has 27 heavy (non-hydrogen) atoms. The standard InChI is InChI=1S/C20H24ClN3O3/c1-5-10(4)24-17(25)13-14(18(24)26)20(23-15(13)9(2)3)11-7-6-8-12(21)16(11)22-19(20)27/h6-10,13-15,23H,5H2,1-4H3,(H,22,27)/t10-,13+,14+,15-,20-/m1/s1. The van der Waals surface area contributed by atoms with Crippen molar-refractivity contribution in [1.82, 2.24) is 10.2 Å². The van der Waals surface area contributed by atoms with E-state index in [4.69, 9.17) is 11.6 Å². The number of fused-ring (bicyclic) bond motifs is 4. The van der Waals surface area contributed by atoms with E-state index in [-0.39, 0.29) is 35.7 Å². The van der Waals surface area contributed by atoms with Gasteiger partial charge in [0.25, 0.3) is 0 Å². The molecule has 1 spiro atoms. The van der Waals surface area contributed by atoms with Crippen LogP contribution in [0.25, 0.3) is 0 Å². The summed E-state index contributed by atoms with van der Waals surface area (Å²) in [6.45, 7) is 7.83. The van der Waals surface area contributed by atoms with Crippen molar-refractivity contribution in [3.8, 4) is 0 Å². The second-order valence-electron chi connectivity index (χ2n) is 8.15. The lowest BCUT2D eigenvalue weighted by Crippen LogP contribution is -2.54. The van der Waals surface area contributed by atoms with E-state index in [1.54, 1.807) is 12.1 Å². The summed E-state index contributed by atoms with van der Waals surface area (Å²) in [5, 5.41) is 6.68. The van der Waals surface area contributed by atoms with Crippen molar-refractivity contribution in [3.05, 3.63) is 28.8 Å². The van der Waals surface area contributed by atoms with Crippen molar-refractivity contribution in [2.24, 2.45) is 17.8 Å². The van der Waals surface area contributed by atoms with Crippen LogP contribution in [0.1, 0.15) is 39.7 Å². The number of amides is 3. The molecule has 2 fully saturated rings. The summed E-state index contributed by atoms with van der Waals surface area (Å²) >= 11 is 6.30. The zero-order valence-electron chi connectivity index (χ0n) is 15.9. The number of halogens is 1. The molecule has 3 aliphatic heterocycles. The van der Waals surface area contributed by atoms with Crippen LogP contribution in [0.2, 0.25) is 5.02 Å². The lowest BCUT2D eigenvalue weighted by atomic mass is 9.76. The number of nitrogens with zero attached hydrogens (tertiary/aromatic N) is 1. The maximum absolute atomic E-state index is 13.4. The fourth-order valence-corrected chi connectivity index (χ4v) is 5.16. The van der Waals surface area contributed by atoms with Crippen molar-refractivity contribution >= 4 is 35.0 Å². The van der Waals surface area contributed by atoms with Crippen molar-refractivity contribution in [1.29, 1.82) is 0 Å². The molecule has 4 rings (SSSR count). The highest BCUT2D eigenvalue weighted by atomic mass is 35.5. The third-order valence-electron chi connectivity index (χ3n) is 6.42. The Kier molecular flexibility index (Phi) is 4.13. The maximum Gasteiger partial charge on any atom is 0.250 e. The molecule has 1 aromatic carbocycles. The van der Waals surface area contributed by atoms with E-state index in [0.717, 1.165) is 0 Å². The Balaban J connectivity index is 1.92. The molecule has 3 heterocycles. The van der Waals surface area contributed by atoms with E-state index in [9.17, 15) is 14.4 Å². The van der Waals surface area contributed by atoms with Crippen molar-refractivity contribution in [2.75, 3.05) is 5.32 Å². The largest absolute Gasteiger partial charge is 0.323 e. The topological polar surface area (TPSA) is 78.5 Å². The lowest BCUT2D eigenvalue weighted by molar-refractivity contribution is -0.145. The van der Waals surface area contributed by atoms with Gasteiger partial charge in [-0.3, -0.25) is 24.6 Å². The molecule has 6 nitrogen and oxygen atoms in total. The number of likely N-dealkylation sites (tertiary alicyclic amines) is 1. The van der Waals surface area contributed by atoms with Gasteiger partial charge in [-0.1, -0.05) is 44.5 Å². The van der Waals surface area contributed by atoms with E-state index < -0.39 is 17.4 Å². The third kappa shape index (κ3) is 2.20. The van der Waals surface area contributed by atoms with Gasteiger partial charge < -0.3 is 5.32 Å². The number of carbonyl (C=O) groups is 3. The smallest absolute Gasteiger partial charge is 0.250 e. The van der Waals surface area contributed by atoms with Gasteiger partial charge in [-0.05, 0) is 25.3 Å². The average Bonchev–Trinajstić information content (AvgIpc) is 3.21. The van der Waals surface area contributed by atoms with E-state index in [2.05, 4.69) is 10.6 Å². The number of nitrogens with one attached hydrogen (secondary N) is 2. The highest BCUT2D eigenvalue weighted by Gasteiger charge is 2.71. The minimum atomic E-state index is -1.26. The van der Waals surface area contributed by atoms with Crippen LogP contribution in [-0.2, 0) is 19.9 Å². The van der Waals surface area contributed by atoms with E-state index in [0.29, 0.717) is 22.7 Å². The number of hydrogen-bond acceptors (Lipinski definition) is 4. The average molecular weight is 390 g/mol. The van der Waals surface area contributed by atoms with E-state index in [1.807, 2.05) is 33.8 Å². The predicted molar refractivity (Wildman–Crippen MR) is 102 cm³/mol. The molecular formula is C20H24ClN3O3. The molecule has 144 valence electrons. The minimum Gasteiger partial charge on any atom is -0.323 e. The van der Waals surface area contributed by atoms with Crippen LogP contribution in [0, 0.1) is 17.8 Å². The molecule has 3 aliphatic rings. The van der Waals surface area contributed by atoms with Crippen LogP contribution in [0.4, 0.5) is 5.69 Å². The zero-order chi connectivity index (χ0) is 19.7. The SMILES string of the molecule is CC[C@@H](C)N1C(=O)[C@@H]2[C@@H](C(C)C)N[C@@]3(C(=O)Nc4c(Cl)cccc43)[C@@H]2C1=O. The van der Waals surface area contributed by atoms with Gasteiger partial charge in [-0.25, -0.2) is 0 Å². The molecule has 0 aromatic heterocycles. The predicted octanol–water partition coefficient (Wildman–Crippen LogP) is 2.51. The quantitative estimate of drug-likeness (QED) is 0.778. The Bertz CT molecular complexity index is 855. The fraction of sp³-hybridized carbons (Fsp3) is 0.550. The summed E-state index contributed by atoms with van der Waals surface area (Å²) in [7, 11) is 0. The molecule has 0 bridgehead atoms. The second-order valence-corrected chi connectivity index (χ2v) is 8.55. The first-order valence-electron chi connectivity index (χ1n) is 9.50. The number of carbonyl (C=O) groups excluding carboxylic acids is 3. The molecule has 2 N–H and O–H groups in total. The molecule has 0 saturated carbocycles. The van der Waals surface area contributed by atoms with Crippen LogP contribution in [0.5, 0.6) is 0 Å². The van der Waals surface area contributed by atoms with Crippen LogP contribution < -0.4 is 10.6 Å². The molecule has 2 saturated heterocycles. The van der Waals surface area contributed by atoms with Crippen molar-refractivity contribution in [3.63, 3.8) is 0 Å². The number of benzene rings is 1. The first kappa shape index (κ1) is 18.4. The van der Waals surface area contributed by atoms with Gasteiger partial charge in [0.15, 0.2) is 0 Å². The molecule has 0 radical (unpaired) electrons. The Hall–Kier alpha value is -1.92. The van der Waals surface area contributed by atoms with Gasteiger partial charge in [0.2, 0.25) is 17.7 Å². The van der Waals surface area contributed by atoms with Gasteiger partial charge in [0.05, 0.1) is 22.5 Å². The van der Waals surface area contributed by atoms with E-state index in [1.165, 1.54) is 4.90 Å². The van der Waals surface area contributed by atoms with Crippen LogP contribution in [-0.4, -0.2) is 34.7 Å². The summed E-state index contributed by atoms with van der Waals surface area (Å²) in [6, 6.07) is 4.84. The van der Waals surface area contributed by atoms with Crippen molar-refractivity contribution < 1.29 is 14.4 Å². The normalized spacial score (nSPS) is 33.0. The van der Waals surface area contributed by atoms with Gasteiger partial charge in [-0.15, -0.1) is 0 Å². The molecule has 1 aromatic rings. The fourth-order valence-electron chi connectivity index (χ4n) is 4.94. The molecule has 0 aliphatic carbocycles. The number of anilines is 1. The second kappa shape index (κ2) is 6.04. The Labute approximate surface area is 163 Å². The van der Waals surface area contributed by atoms with Gasteiger partial charge in [0.1, 0.15) is 5.54 Å². The van der Waals surface area contributed by atoms with Crippen molar-refractivity contribution in [2.45, 2.75) is 51.7 Å². The number of rotatable bonds is 3. The number of hydrogen-bond donors (Lipinski definition) is 2. The molecular weight excluding hydrogens is 366 g/mol. The third-order valence-corrected chi connectivity index (χ3v) is 6.73. The summed E-state index contributed by atoms with van der Waals surface area (Å²) in [5.74, 6) is -1.98. The zero-order valence-corrected chi connectivity index (χ0v) is 16.6. The summed E-state index contributed by atoms with van der Waals surface area (Å²) in [4.78, 5) is 41.2.